The molecule has 0 atom stereocenters. The van der Waals surface area contributed by atoms with Gasteiger partial charge in [-0.15, -0.1) is 0 Å². The van der Waals surface area contributed by atoms with E-state index in [0.717, 1.165) is 18.6 Å². The fourth-order valence-corrected chi connectivity index (χ4v) is 3.29. The van der Waals surface area contributed by atoms with Crippen LogP contribution in [0.25, 0.3) is 0 Å². The lowest BCUT2D eigenvalue weighted by Gasteiger charge is -2.08. The van der Waals surface area contributed by atoms with Crippen LogP contribution in [0.4, 0.5) is 0 Å². The average Bonchev–Trinajstić information content (AvgIpc) is 2.84. The molecule has 0 fully saturated rings. The number of rotatable bonds is 11. The van der Waals surface area contributed by atoms with Gasteiger partial charge in [-0.25, -0.2) is 10.2 Å². The van der Waals surface area contributed by atoms with E-state index in [1.54, 1.807) is 54.6 Å². The van der Waals surface area contributed by atoms with Crippen molar-refractivity contribution in [2.45, 2.75) is 19.8 Å². The third-order valence-electron chi connectivity index (χ3n) is 4.58. The highest BCUT2D eigenvalue weighted by Crippen LogP contribution is 2.23. The van der Waals surface area contributed by atoms with E-state index in [2.05, 4.69) is 17.5 Å². The molecule has 1 amide bonds. The molecule has 3 aromatic carbocycles. The van der Waals surface area contributed by atoms with Gasteiger partial charge in [-0.1, -0.05) is 48.7 Å². The number of esters is 1. The van der Waals surface area contributed by atoms with Gasteiger partial charge in [0.05, 0.1) is 23.4 Å². The van der Waals surface area contributed by atoms with Crippen LogP contribution in [0.2, 0.25) is 10.0 Å². The van der Waals surface area contributed by atoms with Crippen LogP contribution in [0.15, 0.2) is 71.8 Å². The van der Waals surface area contributed by atoms with Crippen LogP contribution in [0, 0.1) is 0 Å². The number of unbranched alkanes of at least 4 members (excludes halogenated alkanes) is 1. The van der Waals surface area contributed by atoms with Crippen molar-refractivity contribution in [3.8, 4) is 17.2 Å². The summed E-state index contributed by atoms with van der Waals surface area (Å²) in [7, 11) is 0. The first-order valence-electron chi connectivity index (χ1n) is 10.9. The van der Waals surface area contributed by atoms with E-state index in [9.17, 15) is 9.59 Å². The summed E-state index contributed by atoms with van der Waals surface area (Å²) in [6, 6.07) is 18.2. The first-order chi connectivity index (χ1) is 16.9. The Balaban J connectivity index is 1.46. The summed E-state index contributed by atoms with van der Waals surface area (Å²) in [5, 5.41) is 4.53. The van der Waals surface area contributed by atoms with Crippen LogP contribution in [0.3, 0.4) is 0 Å². The molecule has 0 saturated heterocycles. The van der Waals surface area contributed by atoms with Crippen molar-refractivity contribution >= 4 is 41.3 Å². The third-order valence-corrected chi connectivity index (χ3v) is 5.13. The van der Waals surface area contributed by atoms with Gasteiger partial charge in [-0.2, -0.15) is 5.10 Å². The Morgan fingerprint density at radius 3 is 2.40 bits per heavy atom. The zero-order valence-corrected chi connectivity index (χ0v) is 20.5. The van der Waals surface area contributed by atoms with Crippen molar-refractivity contribution < 1.29 is 23.8 Å². The molecule has 0 bridgehead atoms. The van der Waals surface area contributed by atoms with Crippen LogP contribution in [-0.4, -0.2) is 31.3 Å². The van der Waals surface area contributed by atoms with Crippen molar-refractivity contribution in [3.05, 3.63) is 87.9 Å². The van der Waals surface area contributed by atoms with Crippen molar-refractivity contribution in [1.82, 2.24) is 5.43 Å². The van der Waals surface area contributed by atoms with Crippen molar-refractivity contribution in [3.63, 3.8) is 0 Å². The summed E-state index contributed by atoms with van der Waals surface area (Å²) in [6.07, 6.45) is 3.48. The quantitative estimate of drug-likeness (QED) is 0.113. The highest BCUT2D eigenvalue weighted by molar-refractivity contribution is 6.36. The molecular formula is C26H24Cl2N2O5. The maximum absolute atomic E-state index is 12.4. The summed E-state index contributed by atoms with van der Waals surface area (Å²) in [5.74, 6) is 0.546. The van der Waals surface area contributed by atoms with Crippen LogP contribution in [0.1, 0.15) is 35.7 Å². The number of hydrazone groups is 1. The van der Waals surface area contributed by atoms with E-state index in [1.807, 2.05) is 0 Å². The zero-order chi connectivity index (χ0) is 25.0. The first kappa shape index (κ1) is 26.1. The molecule has 182 valence electrons. The molecular weight excluding hydrogens is 491 g/mol. The minimum absolute atomic E-state index is 0.195. The third kappa shape index (κ3) is 8.63. The monoisotopic (exact) mass is 514 g/mol. The lowest BCUT2D eigenvalue weighted by atomic mass is 10.2. The standard InChI is InChI=1S/C26H24Cl2N2O5/c1-2-3-13-33-20-8-10-21(11-9-20)34-17-25(31)30-29-16-18-5-4-6-22(14-18)35-26(32)23-12-7-19(27)15-24(23)28/h4-12,14-16H,2-3,13,17H2,1H3,(H,30,31). The van der Waals surface area contributed by atoms with E-state index in [0.29, 0.717) is 28.7 Å². The van der Waals surface area contributed by atoms with Crippen molar-refractivity contribution in [1.29, 1.82) is 0 Å². The van der Waals surface area contributed by atoms with E-state index in [-0.39, 0.29) is 17.2 Å². The van der Waals surface area contributed by atoms with Gasteiger partial charge in [0, 0.05) is 5.02 Å². The van der Waals surface area contributed by atoms with Gasteiger partial charge in [0.15, 0.2) is 6.61 Å². The maximum Gasteiger partial charge on any atom is 0.345 e. The Hall–Kier alpha value is -3.55. The fourth-order valence-electron chi connectivity index (χ4n) is 2.80. The normalized spacial score (nSPS) is 10.7. The Kier molecular flexibility index (Phi) is 9.95. The van der Waals surface area contributed by atoms with E-state index >= 15 is 0 Å². The van der Waals surface area contributed by atoms with Gasteiger partial charge in [0.25, 0.3) is 5.91 Å². The molecule has 3 aromatic rings. The number of carbonyl (C=O) groups excluding carboxylic acids is 2. The maximum atomic E-state index is 12.4. The molecule has 0 radical (unpaired) electrons. The molecule has 35 heavy (non-hydrogen) atoms. The van der Waals surface area contributed by atoms with Crippen molar-refractivity contribution in [2.24, 2.45) is 5.10 Å². The summed E-state index contributed by atoms with van der Waals surface area (Å²) in [5.41, 5.74) is 3.19. The molecule has 0 unspecified atom stereocenters. The predicted octanol–water partition coefficient (Wildman–Crippen LogP) is 5.92. The molecule has 0 aliphatic heterocycles. The molecule has 0 aliphatic carbocycles. The van der Waals surface area contributed by atoms with Crippen LogP contribution in [-0.2, 0) is 4.79 Å². The Bertz CT molecular complexity index is 1180. The van der Waals surface area contributed by atoms with Gasteiger partial charge >= 0.3 is 5.97 Å². The Morgan fingerprint density at radius 2 is 1.69 bits per heavy atom. The summed E-state index contributed by atoms with van der Waals surface area (Å²) < 4.78 is 16.4. The molecule has 0 spiro atoms. The number of halogens is 2. The Labute approximate surface area is 213 Å². The van der Waals surface area contributed by atoms with Gasteiger partial charge in [-0.3, -0.25) is 4.79 Å². The van der Waals surface area contributed by atoms with E-state index < -0.39 is 11.9 Å². The number of nitrogens with one attached hydrogen (secondary N) is 1. The highest BCUT2D eigenvalue weighted by Gasteiger charge is 2.13. The second-order valence-corrected chi connectivity index (χ2v) is 8.19. The van der Waals surface area contributed by atoms with Crippen LogP contribution < -0.4 is 19.6 Å². The zero-order valence-electron chi connectivity index (χ0n) is 19.0. The number of ether oxygens (including phenoxy) is 3. The van der Waals surface area contributed by atoms with Gasteiger partial charge in [-0.05, 0) is 66.6 Å². The van der Waals surface area contributed by atoms with Crippen molar-refractivity contribution in [2.75, 3.05) is 13.2 Å². The molecule has 0 aromatic heterocycles. The van der Waals surface area contributed by atoms with Crippen LogP contribution in [0.5, 0.6) is 17.2 Å². The van der Waals surface area contributed by atoms with E-state index in [4.69, 9.17) is 37.4 Å². The summed E-state index contributed by atoms with van der Waals surface area (Å²) >= 11 is 11.9. The highest BCUT2D eigenvalue weighted by atomic mass is 35.5. The molecule has 7 nitrogen and oxygen atoms in total. The SMILES string of the molecule is CCCCOc1ccc(OCC(=O)NN=Cc2cccc(OC(=O)c3ccc(Cl)cc3Cl)c2)cc1. The van der Waals surface area contributed by atoms with Gasteiger partial charge in [0.2, 0.25) is 0 Å². The number of carbonyl (C=O) groups is 2. The topological polar surface area (TPSA) is 86.2 Å². The Morgan fingerprint density at radius 1 is 0.943 bits per heavy atom. The smallest absolute Gasteiger partial charge is 0.345 e. The fraction of sp³-hybridized carbons (Fsp3) is 0.192. The summed E-state index contributed by atoms with van der Waals surface area (Å²) in [4.78, 5) is 24.4. The van der Waals surface area contributed by atoms with E-state index in [1.165, 1.54) is 18.3 Å². The molecule has 0 aliphatic rings. The number of amides is 1. The van der Waals surface area contributed by atoms with Gasteiger partial charge in [0.1, 0.15) is 17.2 Å². The minimum Gasteiger partial charge on any atom is -0.494 e. The lowest BCUT2D eigenvalue weighted by molar-refractivity contribution is -0.123. The molecule has 0 saturated carbocycles. The molecule has 1 N–H and O–H groups in total. The largest absolute Gasteiger partial charge is 0.494 e. The first-order valence-corrected chi connectivity index (χ1v) is 11.6. The van der Waals surface area contributed by atoms with Gasteiger partial charge < -0.3 is 14.2 Å². The number of hydrogen-bond acceptors (Lipinski definition) is 6. The van der Waals surface area contributed by atoms with Crippen LogP contribution >= 0.6 is 23.2 Å². The number of hydrogen-bond donors (Lipinski definition) is 1. The number of benzene rings is 3. The lowest BCUT2D eigenvalue weighted by Crippen LogP contribution is -2.24. The average molecular weight is 515 g/mol. The number of nitrogens with zero attached hydrogens (tertiary/aromatic N) is 1. The molecule has 9 heteroatoms. The second-order valence-electron chi connectivity index (χ2n) is 7.34. The molecule has 3 rings (SSSR count). The minimum atomic E-state index is -0.619. The predicted molar refractivity (Wildman–Crippen MR) is 136 cm³/mol. The molecule has 0 heterocycles. The second kappa shape index (κ2) is 13.4. The summed E-state index contributed by atoms with van der Waals surface area (Å²) in [6.45, 7) is 2.57.